The smallest absolute Gasteiger partial charge is 0.408 e. The zero-order chi connectivity index (χ0) is 22.8. The van der Waals surface area contributed by atoms with Gasteiger partial charge in [-0.15, -0.1) is 0 Å². The molecule has 0 bridgehead atoms. The quantitative estimate of drug-likeness (QED) is 0.683. The van der Waals surface area contributed by atoms with Crippen LogP contribution in [0.25, 0.3) is 11.3 Å². The average molecular weight is 462 g/mol. The Morgan fingerprint density at radius 1 is 1.29 bits per heavy atom. The van der Waals surface area contributed by atoms with Gasteiger partial charge < -0.3 is 9.64 Å². The lowest BCUT2D eigenvalue weighted by molar-refractivity contribution is -0.160. The van der Waals surface area contributed by atoms with Crippen molar-refractivity contribution in [1.82, 2.24) is 9.97 Å². The Morgan fingerprint density at radius 2 is 2.00 bits per heavy atom. The van der Waals surface area contributed by atoms with Crippen molar-refractivity contribution in [1.29, 1.82) is 4.78 Å². The molecular weight excluding hydrogens is 443 g/mol. The maximum Gasteiger partial charge on any atom is 0.408 e. The molecule has 2 heterocycles. The van der Waals surface area contributed by atoms with E-state index in [0.717, 1.165) is 4.90 Å². The van der Waals surface area contributed by atoms with Crippen molar-refractivity contribution in [2.24, 2.45) is 0 Å². The van der Waals surface area contributed by atoms with Crippen molar-refractivity contribution in [3.63, 3.8) is 0 Å². The van der Waals surface area contributed by atoms with Crippen LogP contribution in [0.5, 0.6) is 5.75 Å². The number of anilines is 1. The zero-order valence-electron chi connectivity index (χ0n) is 16.6. The predicted octanol–water partition coefficient (Wildman–Crippen LogP) is 4.37. The second kappa shape index (κ2) is 7.01. The van der Waals surface area contributed by atoms with E-state index in [-0.39, 0.29) is 46.9 Å². The summed E-state index contributed by atoms with van der Waals surface area (Å²) < 4.78 is 94.1. The van der Waals surface area contributed by atoms with E-state index in [1.54, 1.807) is 0 Å². The van der Waals surface area contributed by atoms with Crippen LogP contribution in [-0.2, 0) is 22.1 Å². The number of nitrogens with one attached hydrogen (secondary N) is 1. The first-order chi connectivity index (χ1) is 14.3. The van der Waals surface area contributed by atoms with Crippen LogP contribution in [0.15, 0.2) is 23.1 Å². The van der Waals surface area contributed by atoms with Gasteiger partial charge in [0, 0.05) is 30.3 Å². The fourth-order valence-corrected chi connectivity index (χ4v) is 4.76. The van der Waals surface area contributed by atoms with Crippen molar-refractivity contribution in [2.75, 3.05) is 24.8 Å². The fourth-order valence-electron chi connectivity index (χ4n) is 3.87. The minimum Gasteiger partial charge on any atom is -0.495 e. The van der Waals surface area contributed by atoms with E-state index in [1.807, 2.05) is 0 Å². The van der Waals surface area contributed by atoms with Crippen molar-refractivity contribution in [3.05, 3.63) is 29.5 Å². The first-order valence-corrected chi connectivity index (χ1v) is 11.3. The Labute approximate surface area is 175 Å². The minimum atomic E-state index is -4.53. The van der Waals surface area contributed by atoms with Crippen LogP contribution in [0, 0.1) is 4.78 Å². The number of methoxy groups -OCH3 is 1. The van der Waals surface area contributed by atoms with Crippen LogP contribution >= 0.6 is 0 Å². The van der Waals surface area contributed by atoms with Gasteiger partial charge in [0.1, 0.15) is 17.5 Å². The molecule has 1 saturated heterocycles. The molecule has 4 rings (SSSR count). The molecule has 0 amide bonds. The fraction of sp³-hybridized carbons (Fsp3) is 0.474. The molecule has 0 radical (unpaired) electrons. The van der Waals surface area contributed by atoms with Crippen LogP contribution in [0.3, 0.4) is 0 Å². The topological polar surface area (TPSA) is 79.2 Å². The zero-order valence-corrected chi connectivity index (χ0v) is 17.4. The second-order valence-corrected chi connectivity index (χ2v) is 9.78. The van der Waals surface area contributed by atoms with Gasteiger partial charge in [0.15, 0.2) is 0 Å². The number of hydrogen-bond acceptors (Lipinski definition) is 6. The molecule has 1 aromatic heterocycles. The van der Waals surface area contributed by atoms with Crippen molar-refractivity contribution in [2.45, 2.75) is 42.3 Å². The van der Waals surface area contributed by atoms with Crippen molar-refractivity contribution < 1.29 is 30.9 Å². The second-order valence-electron chi connectivity index (χ2n) is 7.65. The Kier molecular flexibility index (Phi) is 4.91. The maximum absolute atomic E-state index is 14.5. The SMILES string of the molecule is COc1ccc(-c2nc(N3CC[C@@H]3C(F)(F)F)nc3c2CCC3(F)F)cc1[S@@](C)(=N)=O. The third-order valence-electron chi connectivity index (χ3n) is 5.54. The average Bonchev–Trinajstić information content (AvgIpc) is 2.92. The molecule has 0 spiro atoms. The summed E-state index contributed by atoms with van der Waals surface area (Å²) in [6.45, 7) is -0.00264. The molecule has 31 heavy (non-hydrogen) atoms. The van der Waals surface area contributed by atoms with Crippen molar-refractivity contribution >= 4 is 15.7 Å². The molecule has 1 aromatic carbocycles. The monoisotopic (exact) mass is 462 g/mol. The van der Waals surface area contributed by atoms with Crippen LogP contribution in [0.1, 0.15) is 24.1 Å². The van der Waals surface area contributed by atoms with E-state index in [0.29, 0.717) is 0 Å². The Bertz CT molecular complexity index is 1150. The molecule has 1 aliphatic heterocycles. The van der Waals surface area contributed by atoms with Crippen LogP contribution in [0.2, 0.25) is 0 Å². The van der Waals surface area contributed by atoms with Gasteiger partial charge >= 0.3 is 6.18 Å². The molecular formula is C19H19F5N4O2S. The van der Waals surface area contributed by atoms with Gasteiger partial charge in [-0.2, -0.15) is 22.0 Å². The Hall–Kier alpha value is -2.50. The number of halogens is 5. The standard InChI is InChI=1S/C19H19F5N4O2S/c1-30-12-4-3-10(9-13(12)31(2,25)29)15-11-5-7-18(20,21)16(11)27-17(26-15)28-8-6-14(28)19(22,23)24/h3-4,9,14,25H,5-8H2,1-2H3/t14-,31+/m1/s1. The third-order valence-corrected chi connectivity index (χ3v) is 6.70. The normalized spacial score (nSPS) is 21.9. The van der Waals surface area contributed by atoms with E-state index in [1.165, 1.54) is 31.6 Å². The van der Waals surface area contributed by atoms with Crippen LogP contribution in [0.4, 0.5) is 27.9 Å². The molecule has 168 valence electrons. The van der Waals surface area contributed by atoms with Gasteiger partial charge in [0.2, 0.25) is 5.95 Å². The van der Waals surface area contributed by atoms with Gasteiger partial charge in [0.05, 0.1) is 27.4 Å². The van der Waals surface area contributed by atoms with Gasteiger partial charge in [-0.3, -0.25) is 0 Å². The summed E-state index contributed by atoms with van der Waals surface area (Å²) in [5, 5.41) is 0. The summed E-state index contributed by atoms with van der Waals surface area (Å²) in [7, 11) is -1.90. The molecule has 2 aromatic rings. The van der Waals surface area contributed by atoms with Crippen molar-refractivity contribution in [3.8, 4) is 17.0 Å². The molecule has 1 aliphatic carbocycles. The summed E-state index contributed by atoms with van der Waals surface area (Å²) in [6, 6.07) is 2.45. The number of alkyl halides is 5. The van der Waals surface area contributed by atoms with E-state index in [2.05, 4.69) is 9.97 Å². The highest BCUT2D eigenvalue weighted by Gasteiger charge is 2.51. The van der Waals surface area contributed by atoms with E-state index in [9.17, 15) is 26.2 Å². The highest BCUT2D eigenvalue weighted by molar-refractivity contribution is 7.91. The maximum atomic E-state index is 14.5. The van der Waals surface area contributed by atoms with Crippen LogP contribution < -0.4 is 9.64 Å². The molecule has 0 saturated carbocycles. The van der Waals surface area contributed by atoms with Gasteiger partial charge in [0.25, 0.3) is 5.92 Å². The van der Waals surface area contributed by atoms with Gasteiger partial charge in [-0.1, -0.05) is 0 Å². The van der Waals surface area contributed by atoms with E-state index < -0.39 is 45.9 Å². The van der Waals surface area contributed by atoms with E-state index >= 15 is 0 Å². The molecule has 12 heteroatoms. The lowest BCUT2D eigenvalue weighted by Gasteiger charge is -2.42. The summed E-state index contributed by atoms with van der Waals surface area (Å²) in [5.74, 6) is -3.52. The molecule has 1 N–H and O–H groups in total. The molecule has 0 unspecified atom stereocenters. The number of rotatable bonds is 4. The van der Waals surface area contributed by atoms with Gasteiger partial charge in [-0.25, -0.2) is 19.0 Å². The summed E-state index contributed by atoms with van der Waals surface area (Å²) in [6.07, 6.45) is -4.09. The number of hydrogen-bond donors (Lipinski definition) is 1. The number of nitrogens with zero attached hydrogens (tertiary/aromatic N) is 3. The number of benzene rings is 1. The number of fused-ring (bicyclic) bond motifs is 1. The Morgan fingerprint density at radius 3 is 2.55 bits per heavy atom. The molecule has 1 fully saturated rings. The lowest BCUT2D eigenvalue weighted by Crippen LogP contribution is -2.56. The van der Waals surface area contributed by atoms with E-state index in [4.69, 9.17) is 9.52 Å². The predicted molar refractivity (Wildman–Crippen MR) is 103 cm³/mol. The molecule has 2 atom stereocenters. The molecule has 2 aliphatic rings. The number of aromatic nitrogens is 2. The molecule has 6 nitrogen and oxygen atoms in total. The van der Waals surface area contributed by atoms with Crippen LogP contribution in [-0.4, -0.2) is 46.3 Å². The minimum absolute atomic E-state index is 0.00264. The first-order valence-electron chi connectivity index (χ1n) is 9.37. The highest BCUT2D eigenvalue weighted by Crippen LogP contribution is 2.46. The Balaban J connectivity index is 1.91. The highest BCUT2D eigenvalue weighted by atomic mass is 32.2. The summed E-state index contributed by atoms with van der Waals surface area (Å²) in [5.41, 5.74) is -0.126. The number of ether oxygens (including phenoxy) is 1. The first kappa shape index (κ1) is 21.7. The third kappa shape index (κ3) is 3.70. The lowest BCUT2D eigenvalue weighted by atomic mass is 10.0. The summed E-state index contributed by atoms with van der Waals surface area (Å²) >= 11 is 0. The largest absolute Gasteiger partial charge is 0.495 e. The van der Waals surface area contributed by atoms with Gasteiger partial charge in [-0.05, 0) is 31.0 Å². The summed E-state index contributed by atoms with van der Waals surface area (Å²) in [4.78, 5) is 8.98.